The predicted molar refractivity (Wildman–Crippen MR) is 72.8 cm³/mol. The van der Waals surface area contributed by atoms with Crippen molar-refractivity contribution in [2.75, 3.05) is 19.1 Å². The van der Waals surface area contributed by atoms with Gasteiger partial charge >= 0.3 is 0 Å². The summed E-state index contributed by atoms with van der Waals surface area (Å²) in [6, 6.07) is 7.15. The Morgan fingerprint density at radius 1 is 1.21 bits per heavy atom. The fourth-order valence-corrected chi connectivity index (χ4v) is 1.62. The van der Waals surface area contributed by atoms with Crippen molar-refractivity contribution in [1.82, 2.24) is 9.97 Å². The summed E-state index contributed by atoms with van der Waals surface area (Å²) >= 11 is 5.63. The van der Waals surface area contributed by atoms with Crippen LogP contribution in [0.4, 0.5) is 5.69 Å². The van der Waals surface area contributed by atoms with Gasteiger partial charge in [-0.1, -0.05) is 11.6 Å². The number of hydrogen-bond acceptors (Lipinski definition) is 4. The van der Waals surface area contributed by atoms with Gasteiger partial charge in [0.25, 0.3) is 5.91 Å². The van der Waals surface area contributed by atoms with E-state index in [1.54, 1.807) is 38.4 Å². The highest BCUT2D eigenvalue weighted by atomic mass is 35.5. The Hall–Kier alpha value is -2.14. The maximum Gasteiger partial charge on any atom is 0.278 e. The maximum absolute atomic E-state index is 12.2. The summed E-state index contributed by atoms with van der Waals surface area (Å²) in [6.45, 7) is 0. The minimum Gasteiger partial charge on any atom is -0.497 e. The van der Waals surface area contributed by atoms with Gasteiger partial charge in [-0.3, -0.25) is 4.79 Å². The van der Waals surface area contributed by atoms with Crippen molar-refractivity contribution in [3.8, 4) is 5.75 Å². The molecule has 98 valence electrons. The van der Waals surface area contributed by atoms with E-state index in [2.05, 4.69) is 9.97 Å². The van der Waals surface area contributed by atoms with Gasteiger partial charge in [0.2, 0.25) is 0 Å². The molecule has 0 aliphatic heterocycles. The third-order valence-electron chi connectivity index (χ3n) is 2.60. The highest BCUT2D eigenvalue weighted by Crippen LogP contribution is 2.19. The largest absolute Gasteiger partial charge is 0.497 e. The van der Waals surface area contributed by atoms with E-state index in [0.29, 0.717) is 0 Å². The molecule has 0 aliphatic carbocycles. The van der Waals surface area contributed by atoms with Crippen molar-refractivity contribution in [3.63, 3.8) is 0 Å². The van der Waals surface area contributed by atoms with Gasteiger partial charge in [-0.2, -0.15) is 0 Å². The normalized spacial score (nSPS) is 10.1. The Kier molecular flexibility index (Phi) is 3.97. The van der Waals surface area contributed by atoms with Crippen LogP contribution in [-0.4, -0.2) is 30.0 Å². The van der Waals surface area contributed by atoms with Crippen molar-refractivity contribution >= 4 is 23.2 Å². The van der Waals surface area contributed by atoms with Crippen LogP contribution in [0.15, 0.2) is 36.7 Å². The van der Waals surface area contributed by atoms with Gasteiger partial charge in [-0.25, -0.2) is 9.97 Å². The third-order valence-corrected chi connectivity index (χ3v) is 2.80. The lowest BCUT2D eigenvalue weighted by Gasteiger charge is -2.16. The first-order valence-electron chi connectivity index (χ1n) is 5.51. The van der Waals surface area contributed by atoms with Crippen LogP contribution in [0.2, 0.25) is 5.15 Å². The molecule has 0 bridgehead atoms. The first-order valence-corrected chi connectivity index (χ1v) is 5.89. The number of nitrogens with zero attached hydrogens (tertiary/aromatic N) is 3. The number of methoxy groups -OCH3 is 1. The van der Waals surface area contributed by atoms with E-state index in [-0.39, 0.29) is 16.8 Å². The van der Waals surface area contributed by atoms with Crippen LogP contribution in [0.25, 0.3) is 0 Å². The van der Waals surface area contributed by atoms with E-state index >= 15 is 0 Å². The van der Waals surface area contributed by atoms with Crippen LogP contribution in [0.1, 0.15) is 10.5 Å². The number of anilines is 1. The second-order valence-corrected chi connectivity index (χ2v) is 4.17. The van der Waals surface area contributed by atoms with Crippen LogP contribution in [0.3, 0.4) is 0 Å². The molecule has 1 aromatic heterocycles. The lowest BCUT2D eigenvalue weighted by Crippen LogP contribution is -2.27. The molecule has 1 amide bonds. The molecule has 0 radical (unpaired) electrons. The third kappa shape index (κ3) is 3.00. The standard InChI is InChI=1S/C13H12ClN3O2/c1-17(9-3-5-10(19-2)6-4-9)13(18)11-7-16-12(14)8-15-11/h3-8H,1-2H3. The molecule has 0 unspecified atom stereocenters. The van der Waals surface area contributed by atoms with E-state index < -0.39 is 0 Å². The van der Waals surface area contributed by atoms with Gasteiger partial charge in [0.1, 0.15) is 16.6 Å². The molecule has 0 aliphatic rings. The minimum atomic E-state index is -0.255. The molecule has 2 aromatic rings. The summed E-state index contributed by atoms with van der Waals surface area (Å²) in [5.41, 5.74) is 0.977. The first kappa shape index (κ1) is 13.3. The van der Waals surface area contributed by atoms with Crippen LogP contribution in [0, 0.1) is 0 Å². The van der Waals surface area contributed by atoms with Crippen molar-refractivity contribution in [3.05, 3.63) is 47.5 Å². The number of halogens is 1. The van der Waals surface area contributed by atoms with Gasteiger partial charge in [0, 0.05) is 12.7 Å². The molecule has 0 saturated heterocycles. The monoisotopic (exact) mass is 277 g/mol. The maximum atomic E-state index is 12.2. The second-order valence-electron chi connectivity index (χ2n) is 3.79. The van der Waals surface area contributed by atoms with Gasteiger partial charge in [0.05, 0.1) is 19.5 Å². The van der Waals surface area contributed by atoms with Crippen molar-refractivity contribution in [2.24, 2.45) is 0 Å². The van der Waals surface area contributed by atoms with Crippen LogP contribution in [-0.2, 0) is 0 Å². The zero-order valence-electron chi connectivity index (χ0n) is 10.5. The average Bonchev–Trinajstić information content (AvgIpc) is 2.46. The Labute approximate surface area is 115 Å². The molecule has 5 nitrogen and oxygen atoms in total. The van der Waals surface area contributed by atoms with E-state index in [1.807, 2.05) is 0 Å². The molecule has 0 N–H and O–H groups in total. The van der Waals surface area contributed by atoms with Crippen LogP contribution in [0.5, 0.6) is 5.75 Å². The molecule has 1 heterocycles. The number of ether oxygens (including phenoxy) is 1. The van der Waals surface area contributed by atoms with E-state index in [1.165, 1.54) is 17.3 Å². The Morgan fingerprint density at radius 3 is 2.42 bits per heavy atom. The summed E-state index contributed by atoms with van der Waals surface area (Å²) < 4.78 is 5.07. The Morgan fingerprint density at radius 2 is 1.89 bits per heavy atom. The topological polar surface area (TPSA) is 55.3 Å². The van der Waals surface area contributed by atoms with Crippen molar-refractivity contribution < 1.29 is 9.53 Å². The van der Waals surface area contributed by atoms with Gasteiger partial charge < -0.3 is 9.64 Å². The number of amides is 1. The van der Waals surface area contributed by atoms with Gasteiger partial charge in [-0.15, -0.1) is 0 Å². The average molecular weight is 278 g/mol. The highest BCUT2D eigenvalue weighted by Gasteiger charge is 2.15. The molecule has 1 aromatic carbocycles. The summed E-state index contributed by atoms with van der Waals surface area (Å²) in [5.74, 6) is 0.477. The number of aromatic nitrogens is 2. The van der Waals surface area contributed by atoms with Crippen LogP contribution >= 0.6 is 11.6 Å². The summed E-state index contributed by atoms with van der Waals surface area (Å²) in [6.07, 6.45) is 2.70. The number of rotatable bonds is 3. The second kappa shape index (κ2) is 5.67. The molecule has 6 heteroatoms. The summed E-state index contributed by atoms with van der Waals surface area (Å²) in [5, 5.41) is 0.253. The number of benzene rings is 1. The lowest BCUT2D eigenvalue weighted by atomic mass is 10.2. The summed E-state index contributed by atoms with van der Waals surface area (Å²) in [4.78, 5) is 21.4. The summed E-state index contributed by atoms with van der Waals surface area (Å²) in [7, 11) is 3.26. The fraction of sp³-hybridized carbons (Fsp3) is 0.154. The molecular formula is C13H12ClN3O2. The zero-order valence-corrected chi connectivity index (χ0v) is 11.3. The predicted octanol–water partition coefficient (Wildman–Crippen LogP) is 2.42. The SMILES string of the molecule is COc1ccc(N(C)C(=O)c2cnc(Cl)cn2)cc1. The van der Waals surface area contributed by atoms with E-state index in [0.717, 1.165) is 11.4 Å². The number of hydrogen-bond donors (Lipinski definition) is 0. The van der Waals surface area contributed by atoms with Gasteiger partial charge in [0.15, 0.2) is 0 Å². The molecule has 0 saturated carbocycles. The first-order chi connectivity index (χ1) is 9.11. The smallest absolute Gasteiger partial charge is 0.278 e. The van der Waals surface area contributed by atoms with Gasteiger partial charge in [-0.05, 0) is 24.3 Å². The quantitative estimate of drug-likeness (QED) is 0.864. The van der Waals surface area contributed by atoms with E-state index in [4.69, 9.17) is 16.3 Å². The number of carbonyl (C=O) groups is 1. The van der Waals surface area contributed by atoms with E-state index in [9.17, 15) is 4.79 Å². The Balaban J connectivity index is 2.20. The molecule has 2 rings (SSSR count). The molecular weight excluding hydrogens is 266 g/mol. The fourth-order valence-electron chi connectivity index (χ4n) is 1.52. The molecule has 0 spiro atoms. The van der Waals surface area contributed by atoms with Crippen LogP contribution < -0.4 is 9.64 Å². The minimum absolute atomic E-state index is 0.239. The number of carbonyl (C=O) groups excluding carboxylic acids is 1. The molecule has 0 fully saturated rings. The molecule has 0 atom stereocenters. The van der Waals surface area contributed by atoms with Crippen molar-refractivity contribution in [1.29, 1.82) is 0 Å². The highest BCUT2D eigenvalue weighted by molar-refractivity contribution is 6.29. The molecule has 19 heavy (non-hydrogen) atoms. The lowest BCUT2D eigenvalue weighted by molar-refractivity contribution is 0.0988. The zero-order chi connectivity index (χ0) is 13.8. The Bertz CT molecular complexity index is 569. The van der Waals surface area contributed by atoms with Crippen molar-refractivity contribution in [2.45, 2.75) is 0 Å².